The van der Waals surface area contributed by atoms with E-state index in [1.165, 1.54) is 42.5 Å². The fourth-order valence-electron chi connectivity index (χ4n) is 5.70. The third-order valence-corrected chi connectivity index (χ3v) is 7.63. The van der Waals surface area contributed by atoms with E-state index < -0.39 is 47.4 Å². The summed E-state index contributed by atoms with van der Waals surface area (Å²) in [6, 6.07) is 16.7. The summed E-state index contributed by atoms with van der Waals surface area (Å²) in [5.41, 5.74) is -0.779. The van der Waals surface area contributed by atoms with Gasteiger partial charge in [0.15, 0.2) is 11.5 Å². The third-order valence-electron chi connectivity index (χ3n) is 7.63. The van der Waals surface area contributed by atoms with E-state index in [0.717, 1.165) is 0 Å². The predicted octanol–water partition coefficient (Wildman–Crippen LogP) is 4.05. The summed E-state index contributed by atoms with van der Waals surface area (Å²) in [5.74, 6) is -4.08. The maximum Gasteiger partial charge on any atom is 0.235 e. The third kappa shape index (κ3) is 6.21. The van der Waals surface area contributed by atoms with Gasteiger partial charge in [-0.3, -0.25) is 14.4 Å². The smallest absolute Gasteiger partial charge is 0.235 e. The number of nitrogens with one attached hydrogen (secondary N) is 2. The van der Waals surface area contributed by atoms with Crippen molar-refractivity contribution in [3.63, 3.8) is 0 Å². The summed E-state index contributed by atoms with van der Waals surface area (Å²) >= 11 is 0. The van der Waals surface area contributed by atoms with Crippen molar-refractivity contribution >= 4 is 29.0 Å². The highest BCUT2D eigenvalue weighted by molar-refractivity contribution is 6.11. The van der Waals surface area contributed by atoms with Gasteiger partial charge in [-0.1, -0.05) is 24.3 Å². The minimum atomic E-state index is -1.84. The van der Waals surface area contributed by atoms with Crippen LogP contribution in [0.4, 0.5) is 11.4 Å². The number of aliphatic hydroxyl groups is 1. The van der Waals surface area contributed by atoms with Crippen LogP contribution in [0, 0.1) is 11.8 Å². The van der Waals surface area contributed by atoms with Gasteiger partial charge >= 0.3 is 0 Å². The molecule has 1 aliphatic carbocycles. The number of hydrogen-bond donors (Lipinski definition) is 3. The molecule has 4 rings (SSSR count). The predicted molar refractivity (Wildman–Crippen MR) is 159 cm³/mol. The Morgan fingerprint density at radius 2 is 1.21 bits per heavy atom. The van der Waals surface area contributed by atoms with Gasteiger partial charge in [0.25, 0.3) is 0 Å². The van der Waals surface area contributed by atoms with Gasteiger partial charge < -0.3 is 39.4 Å². The number of amides is 2. The molecule has 0 aliphatic heterocycles. The highest BCUT2D eigenvalue weighted by atomic mass is 16.5. The van der Waals surface area contributed by atoms with Gasteiger partial charge in [0.1, 0.15) is 23.2 Å². The van der Waals surface area contributed by atoms with Crippen LogP contribution in [-0.4, -0.2) is 63.9 Å². The first-order valence-corrected chi connectivity index (χ1v) is 13.5. The maximum absolute atomic E-state index is 14.1. The van der Waals surface area contributed by atoms with Gasteiger partial charge in [-0.2, -0.15) is 0 Å². The molecule has 0 spiro atoms. The molecule has 1 fully saturated rings. The Bertz CT molecular complexity index is 1480. The number of benzene rings is 3. The van der Waals surface area contributed by atoms with Crippen LogP contribution < -0.4 is 34.3 Å². The standard InChI is InChI=1S/C32H36N2O9/c1-32(38)17-21(35)27(30(36)33-19-11-7-9-13-22(19)39-2)26(18-15-24(41-4)29(43-6)25(16-18)42-5)28(32)31(37)34-20-12-8-10-14-23(20)40-3/h7-16,26-28,38H,17H2,1-6H3,(H,33,36)(H,34,37). The lowest BCUT2D eigenvalue weighted by molar-refractivity contribution is -0.150. The second-order valence-electron chi connectivity index (χ2n) is 10.3. The molecule has 2 amide bonds. The highest BCUT2D eigenvalue weighted by Crippen LogP contribution is 2.50. The number of rotatable bonds is 10. The Morgan fingerprint density at radius 3 is 1.67 bits per heavy atom. The van der Waals surface area contributed by atoms with Crippen molar-refractivity contribution < 1.29 is 43.2 Å². The van der Waals surface area contributed by atoms with E-state index >= 15 is 0 Å². The van der Waals surface area contributed by atoms with Crippen molar-refractivity contribution in [1.82, 2.24) is 0 Å². The first-order chi connectivity index (χ1) is 20.6. The van der Waals surface area contributed by atoms with E-state index in [2.05, 4.69) is 10.6 Å². The number of hydrogen-bond acceptors (Lipinski definition) is 9. The molecule has 1 saturated carbocycles. The van der Waals surface area contributed by atoms with Gasteiger partial charge in [0.2, 0.25) is 17.6 Å². The lowest BCUT2D eigenvalue weighted by Gasteiger charge is -2.44. The van der Waals surface area contributed by atoms with Crippen LogP contribution in [-0.2, 0) is 14.4 Å². The zero-order valence-electron chi connectivity index (χ0n) is 24.9. The first-order valence-electron chi connectivity index (χ1n) is 13.5. The van der Waals surface area contributed by atoms with Crippen LogP contribution in [0.3, 0.4) is 0 Å². The number of ether oxygens (including phenoxy) is 5. The Kier molecular flexibility index (Phi) is 9.45. The number of carbonyl (C=O) groups excluding carboxylic acids is 3. The second kappa shape index (κ2) is 13.0. The summed E-state index contributed by atoms with van der Waals surface area (Å²) in [7, 11) is 7.24. The van der Waals surface area contributed by atoms with Crippen LogP contribution >= 0.6 is 0 Å². The maximum atomic E-state index is 14.1. The highest BCUT2D eigenvalue weighted by Gasteiger charge is 2.56. The van der Waals surface area contributed by atoms with Gasteiger partial charge in [-0.15, -0.1) is 0 Å². The summed E-state index contributed by atoms with van der Waals surface area (Å²) in [6.07, 6.45) is -0.443. The van der Waals surface area contributed by atoms with Crippen molar-refractivity contribution in [2.24, 2.45) is 11.8 Å². The Balaban J connectivity index is 1.89. The van der Waals surface area contributed by atoms with E-state index in [4.69, 9.17) is 23.7 Å². The van der Waals surface area contributed by atoms with Crippen molar-refractivity contribution in [2.75, 3.05) is 46.2 Å². The van der Waals surface area contributed by atoms with Crippen LogP contribution in [0.5, 0.6) is 28.7 Å². The summed E-state index contributed by atoms with van der Waals surface area (Å²) in [5, 5.41) is 17.3. The van der Waals surface area contributed by atoms with E-state index in [9.17, 15) is 19.5 Å². The number of carbonyl (C=O) groups is 3. The molecule has 0 heterocycles. The minimum Gasteiger partial charge on any atom is -0.495 e. The monoisotopic (exact) mass is 592 g/mol. The summed E-state index contributed by atoms with van der Waals surface area (Å²) in [4.78, 5) is 41.9. The molecule has 0 saturated heterocycles. The number of anilines is 2. The van der Waals surface area contributed by atoms with Crippen molar-refractivity contribution in [1.29, 1.82) is 0 Å². The molecule has 3 aromatic rings. The lowest BCUT2D eigenvalue weighted by Crippen LogP contribution is -2.56. The van der Waals surface area contributed by atoms with Crippen LogP contribution in [0.1, 0.15) is 24.8 Å². The summed E-state index contributed by atoms with van der Waals surface area (Å²) in [6.45, 7) is 1.41. The van der Waals surface area contributed by atoms with Crippen LogP contribution in [0.2, 0.25) is 0 Å². The molecular weight excluding hydrogens is 556 g/mol. The van der Waals surface area contributed by atoms with Gasteiger partial charge in [0, 0.05) is 12.3 Å². The Morgan fingerprint density at radius 1 is 0.744 bits per heavy atom. The Hall–Kier alpha value is -4.77. The van der Waals surface area contributed by atoms with Crippen molar-refractivity contribution in [2.45, 2.75) is 24.9 Å². The molecule has 4 atom stereocenters. The molecule has 228 valence electrons. The minimum absolute atomic E-state index is 0.252. The quantitative estimate of drug-likeness (QED) is 0.297. The lowest BCUT2D eigenvalue weighted by atomic mass is 9.61. The molecule has 11 heteroatoms. The SMILES string of the molecule is COc1ccccc1NC(=O)C1C(=O)CC(C)(O)C(C(=O)Nc2ccccc2OC)C1c1cc(OC)c(OC)c(OC)c1. The normalized spacial score (nSPS) is 21.4. The average Bonchev–Trinajstić information content (AvgIpc) is 2.99. The fourth-order valence-corrected chi connectivity index (χ4v) is 5.70. The number of methoxy groups -OCH3 is 5. The molecule has 3 N–H and O–H groups in total. The molecule has 0 radical (unpaired) electrons. The number of para-hydroxylation sites is 4. The van der Waals surface area contributed by atoms with Gasteiger partial charge in [0.05, 0.1) is 58.4 Å². The second-order valence-corrected chi connectivity index (χ2v) is 10.3. The number of ketones is 1. The number of Topliss-reactive ketones (excluding diaryl/α,β-unsaturated/α-hetero) is 1. The zero-order valence-corrected chi connectivity index (χ0v) is 24.9. The molecule has 0 bridgehead atoms. The van der Waals surface area contributed by atoms with Gasteiger partial charge in [-0.05, 0) is 48.9 Å². The largest absolute Gasteiger partial charge is 0.495 e. The molecule has 3 aromatic carbocycles. The van der Waals surface area contributed by atoms with E-state index in [-0.39, 0.29) is 17.2 Å². The molecular formula is C32H36N2O9. The summed E-state index contributed by atoms with van der Waals surface area (Å²) < 4.78 is 27.3. The van der Waals surface area contributed by atoms with Gasteiger partial charge in [-0.25, -0.2) is 0 Å². The molecule has 0 aromatic heterocycles. The molecule has 11 nitrogen and oxygen atoms in total. The molecule has 4 unspecified atom stereocenters. The zero-order chi connectivity index (χ0) is 31.3. The average molecular weight is 593 g/mol. The molecule has 1 aliphatic rings. The van der Waals surface area contributed by atoms with Crippen LogP contribution in [0.25, 0.3) is 0 Å². The fraction of sp³-hybridized carbons (Fsp3) is 0.344. The van der Waals surface area contributed by atoms with E-state index in [1.54, 1.807) is 60.7 Å². The van der Waals surface area contributed by atoms with E-state index in [0.29, 0.717) is 28.4 Å². The van der Waals surface area contributed by atoms with Crippen molar-refractivity contribution in [3.8, 4) is 28.7 Å². The molecule has 43 heavy (non-hydrogen) atoms. The topological polar surface area (TPSA) is 142 Å². The Labute approximate surface area is 250 Å². The van der Waals surface area contributed by atoms with Crippen molar-refractivity contribution in [3.05, 3.63) is 66.2 Å². The van der Waals surface area contributed by atoms with Crippen LogP contribution in [0.15, 0.2) is 60.7 Å². The van der Waals surface area contributed by atoms with E-state index in [1.807, 2.05) is 0 Å². The first kappa shape index (κ1) is 31.2.